The molecule has 1 aliphatic heterocycles. The van der Waals surface area contributed by atoms with Gasteiger partial charge in [0.15, 0.2) is 0 Å². The zero-order valence-corrected chi connectivity index (χ0v) is 20.7. The first-order valence-corrected chi connectivity index (χ1v) is 12.5. The lowest BCUT2D eigenvalue weighted by Crippen LogP contribution is -2.32. The van der Waals surface area contributed by atoms with E-state index in [1.165, 1.54) is 63.4 Å². The van der Waals surface area contributed by atoms with E-state index in [0.717, 1.165) is 36.4 Å². The predicted molar refractivity (Wildman–Crippen MR) is 130 cm³/mol. The van der Waals surface area contributed by atoms with Crippen LogP contribution in [0.4, 0.5) is 0 Å². The highest BCUT2D eigenvalue weighted by Crippen LogP contribution is 2.38. The first-order chi connectivity index (χ1) is 13.8. The molecule has 29 heavy (non-hydrogen) atoms. The van der Waals surface area contributed by atoms with Crippen LogP contribution in [0.3, 0.4) is 0 Å². The Morgan fingerprint density at radius 2 is 1.48 bits per heavy atom. The molecular weight excluding hydrogens is 352 g/mol. The van der Waals surface area contributed by atoms with Crippen molar-refractivity contribution < 1.29 is 4.74 Å². The fourth-order valence-electron chi connectivity index (χ4n) is 4.49. The molecule has 0 spiro atoms. The maximum Gasteiger partial charge on any atom is 0.122 e. The summed E-state index contributed by atoms with van der Waals surface area (Å²) in [6.45, 7) is 16.1. The average Bonchev–Trinajstić information content (AvgIpc) is 2.66. The van der Waals surface area contributed by atoms with E-state index < -0.39 is 0 Å². The Kier molecular flexibility index (Phi) is 12.7. The van der Waals surface area contributed by atoms with Crippen molar-refractivity contribution in [1.82, 2.24) is 0 Å². The smallest absolute Gasteiger partial charge is 0.122 e. The molecule has 0 amide bonds. The third kappa shape index (κ3) is 11.1. The van der Waals surface area contributed by atoms with Gasteiger partial charge in [0.25, 0.3) is 0 Å². The molecule has 3 atom stereocenters. The quantitative estimate of drug-likeness (QED) is 0.298. The van der Waals surface area contributed by atoms with E-state index in [-0.39, 0.29) is 5.60 Å². The van der Waals surface area contributed by atoms with Gasteiger partial charge in [-0.25, -0.2) is 0 Å². The first kappa shape index (κ1) is 26.1. The summed E-state index contributed by atoms with van der Waals surface area (Å²) in [5.41, 5.74) is 1.36. The molecular formula is C28H50O. The number of ether oxygens (including phenoxy) is 1. The highest BCUT2D eigenvalue weighted by molar-refractivity contribution is 5.31. The van der Waals surface area contributed by atoms with Crippen LogP contribution in [0, 0.1) is 17.8 Å². The summed E-state index contributed by atoms with van der Waals surface area (Å²) in [5.74, 6) is 3.68. The van der Waals surface area contributed by atoms with Crippen molar-refractivity contribution in [2.75, 3.05) is 0 Å². The van der Waals surface area contributed by atoms with Crippen LogP contribution in [0.25, 0.3) is 0 Å². The molecule has 1 saturated heterocycles. The highest BCUT2D eigenvalue weighted by atomic mass is 16.5. The molecule has 1 heteroatoms. The van der Waals surface area contributed by atoms with Gasteiger partial charge in [0.05, 0.1) is 0 Å². The maximum atomic E-state index is 6.47. The Hall–Kier alpha value is -0.980. The van der Waals surface area contributed by atoms with Gasteiger partial charge in [-0.05, 0) is 75.9 Å². The Balaban J connectivity index is 2.28. The molecule has 1 heterocycles. The van der Waals surface area contributed by atoms with Crippen LogP contribution in [0.1, 0.15) is 119 Å². The second-order valence-electron chi connectivity index (χ2n) is 10.3. The first-order valence-electron chi connectivity index (χ1n) is 12.5. The van der Waals surface area contributed by atoms with Gasteiger partial charge in [-0.3, -0.25) is 0 Å². The molecule has 0 aliphatic carbocycles. The second-order valence-corrected chi connectivity index (χ2v) is 10.3. The lowest BCUT2D eigenvalue weighted by Gasteiger charge is -2.37. The van der Waals surface area contributed by atoms with Crippen molar-refractivity contribution >= 4 is 0 Å². The summed E-state index contributed by atoms with van der Waals surface area (Å²) in [5, 5.41) is 0. The van der Waals surface area contributed by atoms with E-state index in [9.17, 15) is 0 Å². The minimum Gasteiger partial charge on any atom is -0.487 e. The molecule has 0 radical (unpaired) electrons. The Morgan fingerprint density at radius 1 is 0.897 bits per heavy atom. The number of rotatable bonds is 13. The average molecular weight is 403 g/mol. The highest BCUT2D eigenvalue weighted by Gasteiger charge is 2.32. The fourth-order valence-corrected chi connectivity index (χ4v) is 4.49. The summed E-state index contributed by atoms with van der Waals surface area (Å²) < 4.78 is 6.47. The Bertz CT molecular complexity index is 524. The predicted octanol–water partition coefficient (Wildman–Crippen LogP) is 9.40. The molecule has 1 rings (SSSR count). The summed E-state index contributed by atoms with van der Waals surface area (Å²) in [6, 6.07) is 0. The number of hydrogen-bond acceptors (Lipinski definition) is 1. The monoisotopic (exact) mass is 402 g/mol. The standard InChI is InChI=1S/C28H50O/c1-8-10-19-27-26(9-2)20-22-28(7,29-27)21-13-18-25(6)17-12-16-24(5)15-11-14-23(3)4/h8-10,19,23-25H,11-18,20-22H2,1-7H3/b10-8-,26-9-,27-19+. The summed E-state index contributed by atoms with van der Waals surface area (Å²) in [7, 11) is 0. The molecule has 3 unspecified atom stereocenters. The van der Waals surface area contributed by atoms with Crippen molar-refractivity contribution in [3.8, 4) is 0 Å². The summed E-state index contributed by atoms with van der Waals surface area (Å²) in [6.07, 6.45) is 23.0. The molecule has 1 nitrogen and oxygen atoms in total. The van der Waals surface area contributed by atoms with Crippen molar-refractivity contribution in [1.29, 1.82) is 0 Å². The van der Waals surface area contributed by atoms with Crippen LogP contribution in [0.2, 0.25) is 0 Å². The van der Waals surface area contributed by atoms with E-state index in [1.54, 1.807) is 0 Å². The largest absolute Gasteiger partial charge is 0.487 e. The van der Waals surface area contributed by atoms with E-state index >= 15 is 0 Å². The third-order valence-electron chi connectivity index (χ3n) is 6.66. The normalized spacial score (nSPS) is 25.1. The molecule has 0 aromatic rings. The molecule has 1 aliphatic rings. The molecule has 1 fully saturated rings. The van der Waals surface area contributed by atoms with Gasteiger partial charge in [0.2, 0.25) is 0 Å². The van der Waals surface area contributed by atoms with Gasteiger partial charge in [0.1, 0.15) is 11.4 Å². The summed E-state index contributed by atoms with van der Waals surface area (Å²) >= 11 is 0. The van der Waals surface area contributed by atoms with E-state index in [0.29, 0.717) is 0 Å². The van der Waals surface area contributed by atoms with E-state index in [4.69, 9.17) is 4.74 Å². The molecule has 0 N–H and O–H groups in total. The summed E-state index contributed by atoms with van der Waals surface area (Å²) in [4.78, 5) is 0. The van der Waals surface area contributed by atoms with Crippen LogP contribution < -0.4 is 0 Å². The van der Waals surface area contributed by atoms with Gasteiger partial charge < -0.3 is 4.74 Å². The number of allylic oxidation sites excluding steroid dienone is 5. The van der Waals surface area contributed by atoms with Crippen molar-refractivity contribution in [2.24, 2.45) is 17.8 Å². The third-order valence-corrected chi connectivity index (χ3v) is 6.66. The minimum absolute atomic E-state index is 0.00454. The maximum absolute atomic E-state index is 6.47. The lowest BCUT2D eigenvalue weighted by atomic mass is 9.85. The van der Waals surface area contributed by atoms with Gasteiger partial charge in [0, 0.05) is 0 Å². The Morgan fingerprint density at radius 3 is 2.03 bits per heavy atom. The van der Waals surface area contributed by atoms with Gasteiger partial charge in [-0.1, -0.05) is 90.9 Å². The van der Waals surface area contributed by atoms with Gasteiger partial charge >= 0.3 is 0 Å². The van der Waals surface area contributed by atoms with Crippen molar-refractivity contribution in [3.05, 3.63) is 35.6 Å². The molecule has 168 valence electrons. The van der Waals surface area contributed by atoms with Crippen molar-refractivity contribution in [3.63, 3.8) is 0 Å². The van der Waals surface area contributed by atoms with Crippen LogP contribution in [0.5, 0.6) is 0 Å². The van der Waals surface area contributed by atoms with Crippen LogP contribution >= 0.6 is 0 Å². The molecule has 0 saturated carbocycles. The van der Waals surface area contributed by atoms with E-state index in [2.05, 4.69) is 72.8 Å². The fraction of sp³-hybridized carbons (Fsp3) is 0.786. The molecule has 0 bridgehead atoms. The van der Waals surface area contributed by atoms with Crippen LogP contribution in [-0.4, -0.2) is 5.60 Å². The van der Waals surface area contributed by atoms with Gasteiger partial charge in [-0.2, -0.15) is 0 Å². The van der Waals surface area contributed by atoms with Crippen LogP contribution in [-0.2, 0) is 4.74 Å². The molecule has 0 aromatic carbocycles. The Labute approximate surface area is 183 Å². The molecule has 0 aromatic heterocycles. The second kappa shape index (κ2) is 14.1. The lowest BCUT2D eigenvalue weighted by molar-refractivity contribution is -0.0105. The van der Waals surface area contributed by atoms with Crippen LogP contribution in [0.15, 0.2) is 35.6 Å². The zero-order chi connectivity index (χ0) is 21.7. The topological polar surface area (TPSA) is 9.23 Å². The van der Waals surface area contributed by atoms with Crippen molar-refractivity contribution in [2.45, 2.75) is 125 Å². The SMILES string of the molecule is C\C=C/C=C1/OC(C)(CCCC(C)CCCC(C)CCCC(C)C)CC/C1=C/C. The minimum atomic E-state index is 0.00454. The number of hydrogen-bond donors (Lipinski definition) is 0. The van der Waals surface area contributed by atoms with Gasteiger partial charge in [-0.15, -0.1) is 0 Å². The zero-order valence-electron chi connectivity index (χ0n) is 20.7. The van der Waals surface area contributed by atoms with E-state index in [1.807, 2.05) is 0 Å².